The summed E-state index contributed by atoms with van der Waals surface area (Å²) in [5.41, 5.74) is 9.81. The molecular formula is C46H26BBrN3S. The van der Waals surface area contributed by atoms with E-state index in [4.69, 9.17) is 4.98 Å². The van der Waals surface area contributed by atoms with E-state index in [9.17, 15) is 0 Å². The number of pyridine rings is 2. The van der Waals surface area contributed by atoms with Crippen LogP contribution in [0.25, 0.3) is 109 Å². The maximum atomic E-state index is 4.69. The second-order valence-corrected chi connectivity index (χ2v) is 14.2. The summed E-state index contributed by atoms with van der Waals surface area (Å²) < 4.78 is 3.84. The van der Waals surface area contributed by atoms with Crippen molar-refractivity contribution in [1.82, 2.24) is 9.97 Å². The Bertz CT molecular complexity index is 3140. The van der Waals surface area contributed by atoms with Crippen molar-refractivity contribution in [2.45, 2.75) is 0 Å². The second kappa shape index (κ2) is 12.2. The molecule has 12 rings (SSSR count). The average molecular weight is 744 g/mol. The van der Waals surface area contributed by atoms with Crippen LogP contribution >= 0.6 is 28.7 Å². The number of hydrogen-bond acceptors (Lipinski definition) is 4. The molecule has 0 fully saturated rings. The average Bonchev–Trinajstić information content (AvgIpc) is 3.70. The number of rotatable bonds is 0. The zero-order valence-corrected chi connectivity index (χ0v) is 30.2. The Balaban J connectivity index is 0.000000121. The normalized spacial score (nSPS) is 11.7. The minimum absolute atomic E-state index is 1.10. The maximum Gasteiger partial charge on any atom is 0.0787 e. The van der Waals surface area contributed by atoms with Crippen LogP contribution in [0.2, 0.25) is 0 Å². The van der Waals surface area contributed by atoms with E-state index in [2.05, 4.69) is 173 Å². The van der Waals surface area contributed by atoms with Crippen LogP contribution < -0.4 is 0 Å². The zero-order chi connectivity index (χ0) is 34.9. The third kappa shape index (κ3) is 4.54. The van der Waals surface area contributed by atoms with Crippen molar-refractivity contribution in [1.29, 1.82) is 0 Å². The van der Waals surface area contributed by atoms with Crippen LogP contribution in [-0.2, 0) is 0 Å². The molecule has 3 nitrogen and oxygen atoms in total. The molecular weight excluding hydrogens is 717 g/mol. The molecule has 10 aromatic rings. The summed E-state index contributed by atoms with van der Waals surface area (Å²) in [6.45, 7) is 0. The van der Waals surface area contributed by atoms with Gasteiger partial charge in [0.15, 0.2) is 0 Å². The van der Waals surface area contributed by atoms with Crippen LogP contribution in [0.15, 0.2) is 161 Å². The Kier molecular flexibility index (Phi) is 7.31. The predicted octanol–water partition coefficient (Wildman–Crippen LogP) is 13.3. The number of hydrogen-bond donors (Lipinski definition) is 1. The van der Waals surface area contributed by atoms with Crippen molar-refractivity contribution < 1.29 is 0 Å². The monoisotopic (exact) mass is 742 g/mol. The van der Waals surface area contributed by atoms with Gasteiger partial charge in [0.25, 0.3) is 0 Å². The molecule has 0 N–H and O–H groups in total. The van der Waals surface area contributed by atoms with Gasteiger partial charge >= 0.3 is 24.8 Å². The van der Waals surface area contributed by atoms with E-state index < -0.39 is 0 Å². The molecule has 0 bridgehead atoms. The molecule has 1 radical (unpaired) electrons. The summed E-state index contributed by atoms with van der Waals surface area (Å²) in [7, 11) is 4.34. The molecule has 2 heterocycles. The van der Waals surface area contributed by atoms with Crippen LogP contribution in [0.1, 0.15) is 0 Å². The fraction of sp³-hybridized carbons (Fsp3) is 0. The van der Waals surface area contributed by atoms with Crippen LogP contribution in [0.4, 0.5) is 0 Å². The van der Waals surface area contributed by atoms with Crippen molar-refractivity contribution in [2.75, 3.05) is 0 Å². The molecule has 0 aliphatic heterocycles. The molecule has 2 aromatic heterocycles. The van der Waals surface area contributed by atoms with Gasteiger partial charge in [0, 0.05) is 39.1 Å². The van der Waals surface area contributed by atoms with E-state index in [1.165, 1.54) is 98.0 Å². The summed E-state index contributed by atoms with van der Waals surface area (Å²) in [5, 5.41) is 15.6. The van der Waals surface area contributed by atoms with Crippen LogP contribution in [0, 0.1) is 0 Å². The minimum atomic E-state index is 1.10. The fourth-order valence-corrected chi connectivity index (χ4v) is 9.06. The van der Waals surface area contributed by atoms with Crippen molar-refractivity contribution >= 4 is 101 Å². The number of aromatic nitrogens is 2. The van der Waals surface area contributed by atoms with Crippen molar-refractivity contribution in [3.8, 4) is 44.8 Å². The van der Waals surface area contributed by atoms with Gasteiger partial charge in [-0.3, -0.25) is 9.97 Å². The summed E-state index contributed by atoms with van der Waals surface area (Å²) in [5.74, 6) is 0. The van der Waals surface area contributed by atoms with Crippen LogP contribution in [0.5, 0.6) is 0 Å². The van der Waals surface area contributed by atoms with E-state index >= 15 is 0 Å². The Morgan fingerprint density at radius 1 is 0.423 bits per heavy atom. The Morgan fingerprint density at radius 2 is 0.885 bits per heavy atom. The molecule has 6 heteroatoms. The molecule has 0 saturated heterocycles. The minimum Gasteiger partial charge on any atom is -0.256 e. The smallest absolute Gasteiger partial charge is 0.0787 e. The summed E-state index contributed by atoms with van der Waals surface area (Å²) in [6, 6.07) is 50.2. The van der Waals surface area contributed by atoms with Crippen molar-refractivity contribution in [2.24, 2.45) is 4.30 Å². The number of benzene rings is 8. The Morgan fingerprint density at radius 3 is 1.52 bits per heavy atom. The van der Waals surface area contributed by atoms with Gasteiger partial charge in [0.2, 0.25) is 0 Å². The van der Waals surface area contributed by atoms with Gasteiger partial charge < -0.3 is 0 Å². The zero-order valence-electron chi connectivity index (χ0n) is 27.7. The van der Waals surface area contributed by atoms with E-state index in [0.29, 0.717) is 0 Å². The maximum absolute atomic E-state index is 4.69. The quantitative estimate of drug-likeness (QED) is 0.0954. The standard InChI is InChI=1S/C23H12BrN.C23H13N.BHNS/c24-21-12-19-16-8-3-7-15-17-9-4-10-25-23(17)20(22(15)16)11-18(19)13-5-1-2-6-14(13)21;1-2-6-15-14(5-1)10-11-16-17-7-3-8-18-19-9-4-12-24-23(19)21(22(17)18)13-20(15)16;1-2-3/h1-12H;1-13H;3H. The van der Waals surface area contributed by atoms with Crippen molar-refractivity contribution in [3.63, 3.8) is 0 Å². The summed E-state index contributed by atoms with van der Waals surface area (Å²) in [4.78, 5) is 9.38. The SMILES string of the molecule is Brc1cc2c3cccc4c3c(cc2c2ccccc12)-c1ncccc1-4.[B]=NS.c1cnc2c(c1)-c1cccc3c1c-2cc1c2ccccc2ccc31. The molecule has 8 aromatic carbocycles. The Labute approximate surface area is 314 Å². The van der Waals surface area contributed by atoms with E-state index in [0.717, 1.165) is 15.9 Å². The molecule has 0 unspecified atom stereocenters. The first-order chi connectivity index (χ1) is 25.7. The van der Waals surface area contributed by atoms with Gasteiger partial charge in [0.05, 0.1) is 11.4 Å². The molecule has 0 amide bonds. The van der Waals surface area contributed by atoms with E-state index in [1.807, 2.05) is 24.5 Å². The topological polar surface area (TPSA) is 38.1 Å². The molecule has 0 atom stereocenters. The molecule has 241 valence electrons. The molecule has 0 saturated carbocycles. The predicted molar refractivity (Wildman–Crippen MR) is 227 cm³/mol. The van der Waals surface area contributed by atoms with Gasteiger partial charge in [-0.05, 0) is 106 Å². The Hall–Kier alpha value is -5.69. The number of nitrogens with zero attached hydrogens (tertiary/aromatic N) is 3. The number of halogens is 1. The first kappa shape index (κ1) is 31.1. The molecule has 2 aliphatic carbocycles. The van der Waals surface area contributed by atoms with Crippen LogP contribution in [0.3, 0.4) is 0 Å². The number of fused-ring (bicyclic) bond motifs is 14. The molecule has 52 heavy (non-hydrogen) atoms. The molecule has 0 spiro atoms. The fourth-order valence-electron chi connectivity index (χ4n) is 8.48. The molecule has 2 aliphatic rings. The third-order valence-electron chi connectivity index (χ3n) is 10.5. The first-order valence-electron chi connectivity index (χ1n) is 17.1. The van der Waals surface area contributed by atoms with Gasteiger partial charge in [-0.25, -0.2) is 0 Å². The van der Waals surface area contributed by atoms with Gasteiger partial charge in [-0.15, -0.1) is 0 Å². The van der Waals surface area contributed by atoms with Gasteiger partial charge in [-0.2, -0.15) is 0 Å². The third-order valence-corrected chi connectivity index (χ3v) is 11.2. The first-order valence-corrected chi connectivity index (χ1v) is 18.2. The van der Waals surface area contributed by atoms with Crippen LogP contribution in [-0.4, -0.2) is 17.6 Å². The van der Waals surface area contributed by atoms with E-state index in [-0.39, 0.29) is 0 Å². The summed E-state index contributed by atoms with van der Waals surface area (Å²) >= 11 is 6.96. The summed E-state index contributed by atoms with van der Waals surface area (Å²) in [6.07, 6.45) is 3.78. The van der Waals surface area contributed by atoms with Crippen molar-refractivity contribution in [3.05, 3.63) is 156 Å². The number of thiol groups is 1. The van der Waals surface area contributed by atoms with Gasteiger partial charge in [-0.1, -0.05) is 125 Å². The van der Waals surface area contributed by atoms with Gasteiger partial charge in [0.1, 0.15) is 0 Å². The van der Waals surface area contributed by atoms with E-state index in [1.54, 1.807) is 0 Å². The second-order valence-electron chi connectivity index (χ2n) is 13.1. The largest absolute Gasteiger partial charge is 0.256 e.